The second-order valence-electron chi connectivity index (χ2n) is 5.95. The minimum atomic E-state index is 0.629. The summed E-state index contributed by atoms with van der Waals surface area (Å²) in [6.07, 6.45) is 10.9. The van der Waals surface area contributed by atoms with Gasteiger partial charge in [0.05, 0.1) is 11.4 Å². The highest BCUT2D eigenvalue weighted by Crippen LogP contribution is 2.33. The molecule has 1 radical (unpaired) electrons. The lowest BCUT2D eigenvalue weighted by Crippen LogP contribution is -2.15. The fourth-order valence-corrected chi connectivity index (χ4v) is 3.42. The quantitative estimate of drug-likeness (QED) is 0.695. The summed E-state index contributed by atoms with van der Waals surface area (Å²) in [5, 5.41) is 4.53. The van der Waals surface area contributed by atoms with Gasteiger partial charge in [-0.05, 0) is 31.4 Å². The van der Waals surface area contributed by atoms with E-state index in [0.29, 0.717) is 5.92 Å². The van der Waals surface area contributed by atoms with Gasteiger partial charge in [-0.3, -0.25) is 0 Å². The molecule has 0 saturated heterocycles. The molecule has 0 spiro atoms. The molecule has 19 heavy (non-hydrogen) atoms. The maximum absolute atomic E-state index is 4.53. The third-order valence-electron chi connectivity index (χ3n) is 4.51. The Morgan fingerprint density at radius 2 is 1.63 bits per heavy atom. The molecule has 1 fully saturated rings. The lowest BCUT2D eigenvalue weighted by Gasteiger charge is -2.17. The minimum absolute atomic E-state index is 0.629. The molecule has 1 aromatic carbocycles. The van der Waals surface area contributed by atoms with Crippen LogP contribution >= 0.6 is 0 Å². The molecule has 0 unspecified atom stereocenters. The van der Waals surface area contributed by atoms with E-state index in [0.717, 1.165) is 5.69 Å². The largest absolute Gasteiger partial charge is 0.154 e. The van der Waals surface area contributed by atoms with E-state index in [-0.39, 0.29) is 0 Å². The molecule has 1 aromatic rings. The van der Waals surface area contributed by atoms with Crippen LogP contribution in [0.3, 0.4) is 0 Å². The van der Waals surface area contributed by atoms with E-state index in [1.165, 1.54) is 68.2 Å². The highest BCUT2D eigenvalue weighted by Gasteiger charge is 2.26. The molecule has 0 N–H and O–H groups in total. The molecular weight excluding hydrogens is 232 g/mol. The van der Waals surface area contributed by atoms with Crippen LogP contribution in [0.2, 0.25) is 0 Å². The van der Waals surface area contributed by atoms with Gasteiger partial charge >= 0.3 is 0 Å². The van der Waals surface area contributed by atoms with Crippen LogP contribution in [0.5, 0.6) is 0 Å². The summed E-state index contributed by atoms with van der Waals surface area (Å²) < 4.78 is 0. The first-order chi connectivity index (χ1) is 9.36. The van der Waals surface area contributed by atoms with Crippen molar-refractivity contribution < 1.29 is 0 Å². The average molecular weight is 255 g/mol. The fourth-order valence-electron chi connectivity index (χ4n) is 3.42. The molecule has 1 aliphatic carbocycles. The van der Waals surface area contributed by atoms with E-state index in [4.69, 9.17) is 0 Å². The van der Waals surface area contributed by atoms with Crippen molar-refractivity contribution in [2.75, 3.05) is 0 Å². The second-order valence-corrected chi connectivity index (χ2v) is 5.95. The van der Waals surface area contributed by atoms with Crippen molar-refractivity contribution in [2.24, 2.45) is 11.0 Å². The zero-order chi connectivity index (χ0) is 13.1. The predicted octanol–water partition coefficient (Wildman–Crippen LogP) is 4.70. The van der Waals surface area contributed by atoms with Crippen molar-refractivity contribution >= 4 is 11.4 Å². The summed E-state index contributed by atoms with van der Waals surface area (Å²) in [5.74, 6) is 0.629. The van der Waals surface area contributed by atoms with Gasteiger partial charge in [0.15, 0.2) is 0 Å². The van der Waals surface area contributed by atoms with E-state index >= 15 is 0 Å². The molecule has 0 amide bonds. The van der Waals surface area contributed by atoms with Crippen LogP contribution in [0, 0.1) is 12.8 Å². The SMILES string of the molecule is Cc1cccc2c1C(C1CCCCCCCC1)=N[N]2. The number of nitrogens with zero attached hydrogens (tertiary/aromatic N) is 2. The minimum Gasteiger partial charge on any atom is -0.154 e. The number of hydrogen-bond donors (Lipinski definition) is 0. The van der Waals surface area contributed by atoms with E-state index < -0.39 is 0 Å². The van der Waals surface area contributed by atoms with E-state index in [1.54, 1.807) is 0 Å². The van der Waals surface area contributed by atoms with Crippen molar-refractivity contribution in [1.29, 1.82) is 0 Å². The van der Waals surface area contributed by atoms with Gasteiger partial charge in [0.25, 0.3) is 0 Å². The monoisotopic (exact) mass is 255 g/mol. The van der Waals surface area contributed by atoms with Crippen molar-refractivity contribution in [2.45, 2.75) is 58.3 Å². The van der Waals surface area contributed by atoms with Gasteiger partial charge < -0.3 is 0 Å². The molecule has 1 saturated carbocycles. The van der Waals surface area contributed by atoms with Crippen LogP contribution in [-0.4, -0.2) is 5.71 Å². The van der Waals surface area contributed by atoms with Crippen LogP contribution < -0.4 is 5.43 Å². The van der Waals surface area contributed by atoms with Gasteiger partial charge in [-0.25, -0.2) is 0 Å². The number of benzene rings is 1. The van der Waals surface area contributed by atoms with Crippen LogP contribution in [0.15, 0.2) is 23.3 Å². The fraction of sp³-hybridized carbons (Fsp3) is 0.588. The molecule has 2 nitrogen and oxygen atoms in total. The average Bonchev–Trinajstić information content (AvgIpc) is 2.87. The molecule has 101 valence electrons. The molecule has 0 aromatic heterocycles. The Labute approximate surface area is 116 Å². The Kier molecular flexibility index (Phi) is 3.86. The third kappa shape index (κ3) is 2.68. The maximum atomic E-state index is 4.53. The zero-order valence-corrected chi connectivity index (χ0v) is 11.9. The zero-order valence-electron chi connectivity index (χ0n) is 11.9. The molecule has 2 heteroatoms. The van der Waals surface area contributed by atoms with Crippen LogP contribution in [-0.2, 0) is 0 Å². The Morgan fingerprint density at radius 3 is 2.37 bits per heavy atom. The standard InChI is InChI=1S/C17H23N2/c1-13-9-8-12-15-16(13)17(19-18-15)14-10-6-4-2-3-5-7-11-14/h8-9,12,14H,2-7,10-11H2,1H3. The summed E-state index contributed by atoms with van der Waals surface area (Å²) >= 11 is 0. The van der Waals surface area contributed by atoms with Gasteiger partial charge in [-0.2, -0.15) is 10.5 Å². The Hall–Kier alpha value is -1.31. The van der Waals surface area contributed by atoms with E-state index in [1.807, 2.05) is 0 Å². The summed E-state index contributed by atoms with van der Waals surface area (Å²) in [7, 11) is 0. The van der Waals surface area contributed by atoms with Crippen molar-refractivity contribution in [3.63, 3.8) is 0 Å². The molecule has 1 heterocycles. The highest BCUT2D eigenvalue weighted by molar-refractivity contribution is 6.09. The smallest absolute Gasteiger partial charge is 0.0950 e. The second kappa shape index (κ2) is 5.77. The number of aryl methyl sites for hydroxylation is 1. The predicted molar refractivity (Wildman–Crippen MR) is 79.9 cm³/mol. The Morgan fingerprint density at radius 1 is 0.947 bits per heavy atom. The summed E-state index contributed by atoms with van der Waals surface area (Å²) in [6.45, 7) is 2.18. The Bertz CT molecular complexity index is 466. The van der Waals surface area contributed by atoms with Gasteiger partial charge in [0.1, 0.15) is 0 Å². The first kappa shape index (κ1) is 12.7. The van der Waals surface area contributed by atoms with Crippen molar-refractivity contribution in [3.8, 4) is 0 Å². The molecule has 2 aliphatic rings. The lowest BCUT2D eigenvalue weighted by molar-refractivity contribution is 0.537. The number of rotatable bonds is 1. The topological polar surface area (TPSA) is 26.5 Å². The molecule has 1 aliphatic heterocycles. The van der Waals surface area contributed by atoms with Gasteiger partial charge in [0.2, 0.25) is 0 Å². The summed E-state index contributed by atoms with van der Waals surface area (Å²) in [6, 6.07) is 6.36. The Balaban J connectivity index is 1.83. The number of fused-ring (bicyclic) bond motifs is 1. The molecular formula is C17H23N2. The lowest BCUT2D eigenvalue weighted by atomic mass is 9.86. The van der Waals surface area contributed by atoms with Crippen molar-refractivity contribution in [3.05, 3.63) is 29.3 Å². The van der Waals surface area contributed by atoms with E-state index in [9.17, 15) is 0 Å². The first-order valence-electron chi connectivity index (χ1n) is 7.75. The third-order valence-corrected chi connectivity index (χ3v) is 4.51. The van der Waals surface area contributed by atoms with E-state index in [2.05, 4.69) is 35.7 Å². The molecule has 0 bridgehead atoms. The number of hydrogen-bond acceptors (Lipinski definition) is 1. The first-order valence-corrected chi connectivity index (χ1v) is 7.75. The van der Waals surface area contributed by atoms with Crippen LogP contribution in [0.25, 0.3) is 0 Å². The highest BCUT2D eigenvalue weighted by atomic mass is 15.3. The molecule has 3 rings (SSSR count). The summed E-state index contributed by atoms with van der Waals surface area (Å²) in [5.41, 5.74) is 9.39. The van der Waals surface area contributed by atoms with Gasteiger partial charge in [-0.1, -0.05) is 50.7 Å². The maximum Gasteiger partial charge on any atom is 0.0950 e. The molecule has 0 atom stereocenters. The normalized spacial score (nSPS) is 20.8. The van der Waals surface area contributed by atoms with Crippen LogP contribution in [0.1, 0.15) is 62.5 Å². The van der Waals surface area contributed by atoms with Crippen molar-refractivity contribution in [1.82, 2.24) is 5.43 Å². The van der Waals surface area contributed by atoms with Gasteiger partial charge in [-0.15, -0.1) is 0 Å². The van der Waals surface area contributed by atoms with Crippen LogP contribution in [0.4, 0.5) is 5.69 Å². The van der Waals surface area contributed by atoms with Gasteiger partial charge in [0, 0.05) is 11.5 Å². The summed E-state index contributed by atoms with van der Waals surface area (Å²) in [4.78, 5) is 0.